The molecule has 4 rings (SSSR count). The molecule has 35 heavy (non-hydrogen) atoms. The van der Waals surface area contributed by atoms with Crippen molar-refractivity contribution in [1.29, 1.82) is 0 Å². The molecule has 0 aliphatic carbocycles. The highest BCUT2D eigenvalue weighted by atomic mass is 32.1. The molecule has 1 atom stereocenters. The van der Waals surface area contributed by atoms with Crippen LogP contribution in [0.4, 0.5) is 5.69 Å². The van der Waals surface area contributed by atoms with Gasteiger partial charge in [0.1, 0.15) is 18.3 Å². The van der Waals surface area contributed by atoms with Gasteiger partial charge >= 0.3 is 0 Å². The number of aryl methyl sites for hydroxylation is 2. The number of hydrogen-bond donors (Lipinski definition) is 1. The van der Waals surface area contributed by atoms with Gasteiger partial charge in [-0.25, -0.2) is 0 Å². The minimum atomic E-state index is -0.862. The molecule has 0 radical (unpaired) electrons. The van der Waals surface area contributed by atoms with Crippen molar-refractivity contribution in [2.24, 2.45) is 0 Å². The van der Waals surface area contributed by atoms with Crippen LogP contribution in [0.25, 0.3) is 11.6 Å². The van der Waals surface area contributed by atoms with Crippen molar-refractivity contribution < 1.29 is 14.0 Å². The molecule has 2 amide bonds. The molecule has 182 valence electrons. The Kier molecular flexibility index (Phi) is 6.83. The van der Waals surface area contributed by atoms with Crippen LogP contribution in [-0.2, 0) is 16.1 Å². The molecule has 0 aliphatic rings. The Morgan fingerprint density at radius 2 is 1.89 bits per heavy atom. The van der Waals surface area contributed by atoms with E-state index in [1.54, 1.807) is 12.1 Å². The van der Waals surface area contributed by atoms with Crippen molar-refractivity contribution in [3.8, 4) is 11.6 Å². The Bertz CT molecular complexity index is 1320. The van der Waals surface area contributed by atoms with Gasteiger partial charge in [0.25, 0.3) is 5.91 Å². The monoisotopic (exact) mass is 492 g/mol. The molecule has 0 fully saturated rings. The van der Waals surface area contributed by atoms with Crippen molar-refractivity contribution in [3.63, 3.8) is 0 Å². The minimum Gasteiger partial charge on any atom is -0.458 e. The predicted molar refractivity (Wildman–Crippen MR) is 134 cm³/mol. The van der Waals surface area contributed by atoms with Gasteiger partial charge in [0.2, 0.25) is 11.7 Å². The number of para-hydroxylation sites is 1. The summed E-state index contributed by atoms with van der Waals surface area (Å²) in [5.41, 5.74) is 1.03. The van der Waals surface area contributed by atoms with Crippen LogP contribution in [0.15, 0.2) is 58.3 Å². The number of anilines is 1. The van der Waals surface area contributed by atoms with E-state index in [2.05, 4.69) is 20.7 Å². The highest BCUT2D eigenvalue weighted by molar-refractivity contribution is 7.10. The fraction of sp³-hybridized carbons (Fsp3) is 0.320. The summed E-state index contributed by atoms with van der Waals surface area (Å²) in [5, 5.41) is 17.3. The van der Waals surface area contributed by atoms with Gasteiger partial charge in [-0.05, 0) is 75.0 Å². The van der Waals surface area contributed by atoms with E-state index >= 15 is 0 Å². The number of nitrogens with zero attached hydrogens (tertiary/aromatic N) is 5. The number of carbonyl (C=O) groups excluding carboxylic acids is 2. The molecule has 4 aromatic rings. The van der Waals surface area contributed by atoms with E-state index in [1.807, 2.05) is 76.4 Å². The lowest BCUT2D eigenvalue weighted by Crippen LogP contribution is -2.50. The molecule has 3 heterocycles. The molecule has 0 aliphatic heterocycles. The first-order chi connectivity index (χ1) is 16.6. The number of amides is 2. The van der Waals surface area contributed by atoms with E-state index in [4.69, 9.17) is 4.42 Å². The van der Waals surface area contributed by atoms with E-state index in [9.17, 15) is 9.59 Å². The molecule has 0 saturated heterocycles. The van der Waals surface area contributed by atoms with Gasteiger partial charge in [-0.3, -0.25) is 14.5 Å². The number of thiophene rings is 1. The molecule has 3 aromatic heterocycles. The molecule has 9 nitrogen and oxygen atoms in total. The lowest BCUT2D eigenvalue weighted by molar-refractivity contribution is -0.128. The number of furan rings is 1. The summed E-state index contributed by atoms with van der Waals surface area (Å²) in [6.07, 6.45) is 0. The molecule has 0 unspecified atom stereocenters. The van der Waals surface area contributed by atoms with Gasteiger partial charge in [-0.15, -0.1) is 21.5 Å². The Morgan fingerprint density at radius 3 is 2.51 bits per heavy atom. The number of nitrogens with one attached hydrogen (secondary N) is 1. The lowest BCUT2D eigenvalue weighted by Gasteiger charge is -2.33. The number of aromatic nitrogens is 4. The molecule has 0 spiro atoms. The number of benzene rings is 1. The first-order valence-corrected chi connectivity index (χ1v) is 12.1. The van der Waals surface area contributed by atoms with Crippen LogP contribution in [0.3, 0.4) is 0 Å². The Morgan fingerprint density at radius 1 is 1.11 bits per heavy atom. The SMILES string of the molecule is Cc1ccc(-c2nnn(CC(=O)N(c3ccccc3C)[C@@H](C(=O)NC(C)(C)C)c3cccs3)n2)o1. The van der Waals surface area contributed by atoms with Crippen molar-refractivity contribution >= 4 is 28.8 Å². The van der Waals surface area contributed by atoms with Crippen LogP contribution in [0, 0.1) is 13.8 Å². The van der Waals surface area contributed by atoms with Crippen LogP contribution < -0.4 is 10.2 Å². The highest BCUT2D eigenvalue weighted by Crippen LogP contribution is 2.33. The normalized spacial score (nSPS) is 12.4. The molecular weight excluding hydrogens is 464 g/mol. The van der Waals surface area contributed by atoms with Gasteiger partial charge in [0.05, 0.1) is 0 Å². The van der Waals surface area contributed by atoms with Gasteiger partial charge in [0, 0.05) is 16.1 Å². The van der Waals surface area contributed by atoms with Crippen LogP contribution in [0.1, 0.15) is 43.0 Å². The molecule has 0 bridgehead atoms. The van der Waals surface area contributed by atoms with Crippen molar-refractivity contribution in [1.82, 2.24) is 25.5 Å². The number of carbonyl (C=O) groups is 2. The third-order valence-corrected chi connectivity index (χ3v) is 6.08. The summed E-state index contributed by atoms with van der Waals surface area (Å²) >= 11 is 1.42. The van der Waals surface area contributed by atoms with Crippen LogP contribution >= 0.6 is 11.3 Å². The molecule has 10 heteroatoms. The average Bonchev–Trinajstić information content (AvgIpc) is 3.53. The van der Waals surface area contributed by atoms with E-state index in [0.717, 1.165) is 16.2 Å². The standard InChI is InChI=1S/C25H28N6O3S/c1-16-9-6-7-10-18(16)31(22(20-11-8-14-35-20)24(33)26-25(3,4)5)21(32)15-30-28-23(27-29-30)19-13-12-17(2)34-19/h6-14,22H,15H2,1-5H3,(H,26,33)/t22-/m1/s1. The fourth-order valence-corrected chi connectivity index (χ4v) is 4.48. The third-order valence-electron chi connectivity index (χ3n) is 5.15. The average molecular weight is 493 g/mol. The lowest BCUT2D eigenvalue weighted by atomic mass is 10.0. The summed E-state index contributed by atoms with van der Waals surface area (Å²) < 4.78 is 5.56. The minimum absolute atomic E-state index is 0.203. The highest BCUT2D eigenvalue weighted by Gasteiger charge is 2.36. The number of tetrazole rings is 1. The maximum atomic E-state index is 13.8. The largest absolute Gasteiger partial charge is 0.458 e. The second-order valence-electron chi connectivity index (χ2n) is 9.26. The molecular formula is C25H28N6O3S. The smallest absolute Gasteiger partial charge is 0.251 e. The van der Waals surface area contributed by atoms with E-state index < -0.39 is 11.6 Å². The zero-order valence-electron chi connectivity index (χ0n) is 20.3. The fourth-order valence-electron chi connectivity index (χ4n) is 3.67. The third kappa shape index (κ3) is 5.65. The maximum Gasteiger partial charge on any atom is 0.251 e. The quantitative estimate of drug-likeness (QED) is 0.412. The zero-order valence-corrected chi connectivity index (χ0v) is 21.2. The van der Waals surface area contributed by atoms with Crippen LogP contribution in [0.2, 0.25) is 0 Å². The summed E-state index contributed by atoms with van der Waals surface area (Å²) in [4.78, 5) is 30.9. The Balaban J connectivity index is 1.72. The number of rotatable bonds is 7. The Hall–Kier alpha value is -3.79. The van der Waals surface area contributed by atoms with E-state index in [0.29, 0.717) is 11.4 Å². The van der Waals surface area contributed by atoms with Crippen LogP contribution in [-0.4, -0.2) is 37.6 Å². The maximum absolute atomic E-state index is 13.8. The van der Waals surface area contributed by atoms with Gasteiger partial charge in [-0.1, -0.05) is 24.3 Å². The van der Waals surface area contributed by atoms with Gasteiger partial charge in [-0.2, -0.15) is 4.80 Å². The Labute approximate surface area is 207 Å². The summed E-state index contributed by atoms with van der Waals surface area (Å²) in [7, 11) is 0. The van der Waals surface area contributed by atoms with Crippen molar-refractivity contribution in [3.05, 3.63) is 70.1 Å². The molecule has 1 aromatic carbocycles. The van der Waals surface area contributed by atoms with E-state index in [1.165, 1.54) is 21.0 Å². The topological polar surface area (TPSA) is 106 Å². The number of hydrogen-bond acceptors (Lipinski definition) is 7. The van der Waals surface area contributed by atoms with Crippen LogP contribution in [0.5, 0.6) is 0 Å². The van der Waals surface area contributed by atoms with Gasteiger partial charge < -0.3 is 9.73 Å². The van der Waals surface area contributed by atoms with Crippen molar-refractivity contribution in [2.45, 2.75) is 52.7 Å². The van der Waals surface area contributed by atoms with Crippen molar-refractivity contribution in [2.75, 3.05) is 4.90 Å². The summed E-state index contributed by atoms with van der Waals surface area (Å²) in [6, 6.07) is 13.9. The zero-order chi connectivity index (χ0) is 25.2. The molecule has 1 N–H and O–H groups in total. The predicted octanol–water partition coefficient (Wildman–Crippen LogP) is 4.30. The first kappa shape index (κ1) is 24.3. The molecule has 0 saturated carbocycles. The summed E-state index contributed by atoms with van der Waals surface area (Å²) in [6.45, 7) is 9.26. The first-order valence-electron chi connectivity index (χ1n) is 11.2. The van der Waals surface area contributed by atoms with E-state index in [-0.39, 0.29) is 24.2 Å². The summed E-state index contributed by atoms with van der Waals surface area (Å²) in [5.74, 6) is 0.865. The van der Waals surface area contributed by atoms with Gasteiger partial charge in [0.15, 0.2) is 5.76 Å². The second-order valence-corrected chi connectivity index (χ2v) is 10.2. The second kappa shape index (κ2) is 9.83.